The van der Waals surface area contributed by atoms with E-state index in [0.717, 1.165) is 10.8 Å². The Morgan fingerprint density at radius 2 is 2.12 bits per heavy atom. The summed E-state index contributed by atoms with van der Waals surface area (Å²) in [7, 11) is 2.55. The zero-order chi connectivity index (χ0) is 6.62. The lowest BCUT2D eigenvalue weighted by atomic mass is 10.2. The Balaban J connectivity index is 3.37. The molecule has 1 nitrogen and oxygen atoms in total. The van der Waals surface area contributed by atoms with E-state index in [1.807, 2.05) is 0 Å². The summed E-state index contributed by atoms with van der Waals surface area (Å²) in [5, 5.41) is 0. The fraction of sp³-hybridized carbons (Fsp3) is 1.00. The Bertz CT molecular complexity index is 65.4. The van der Waals surface area contributed by atoms with Crippen LogP contribution in [0.1, 0.15) is 13.8 Å². The minimum atomic E-state index is 0.0578. The SMILES string of the molecule is CC(C)(CI)OCP. The second-order valence-corrected chi connectivity index (χ2v) is 3.30. The lowest BCUT2D eigenvalue weighted by molar-refractivity contribution is 0.0350. The maximum atomic E-state index is 5.33. The van der Waals surface area contributed by atoms with Crippen LogP contribution in [0.15, 0.2) is 0 Å². The monoisotopic (exact) mass is 246 g/mol. The molecule has 1 unspecified atom stereocenters. The molecule has 0 aromatic heterocycles. The summed E-state index contributed by atoms with van der Waals surface area (Å²) in [5.41, 5.74) is 0.0578. The Kier molecular flexibility index (Phi) is 4.58. The van der Waals surface area contributed by atoms with Gasteiger partial charge < -0.3 is 4.74 Å². The van der Waals surface area contributed by atoms with Crippen molar-refractivity contribution >= 4 is 31.8 Å². The number of hydrogen-bond acceptors (Lipinski definition) is 1. The Morgan fingerprint density at radius 1 is 1.62 bits per heavy atom. The van der Waals surface area contributed by atoms with Gasteiger partial charge in [0.05, 0.1) is 11.9 Å². The number of halogens is 1. The summed E-state index contributed by atoms with van der Waals surface area (Å²) in [6, 6.07) is 0. The third kappa shape index (κ3) is 4.04. The van der Waals surface area contributed by atoms with E-state index in [1.165, 1.54) is 0 Å². The lowest BCUT2D eigenvalue weighted by Crippen LogP contribution is -2.25. The van der Waals surface area contributed by atoms with E-state index in [4.69, 9.17) is 4.74 Å². The van der Waals surface area contributed by atoms with Gasteiger partial charge >= 0.3 is 0 Å². The molecular formula is C5H12IOP. The van der Waals surface area contributed by atoms with E-state index in [1.54, 1.807) is 0 Å². The summed E-state index contributed by atoms with van der Waals surface area (Å²) >= 11 is 2.32. The molecule has 1 atom stereocenters. The van der Waals surface area contributed by atoms with Crippen LogP contribution in [0.3, 0.4) is 0 Å². The van der Waals surface area contributed by atoms with Crippen molar-refractivity contribution in [3.05, 3.63) is 0 Å². The predicted molar refractivity (Wildman–Crippen MR) is 48.6 cm³/mol. The molecule has 0 N–H and O–H groups in total. The van der Waals surface area contributed by atoms with E-state index >= 15 is 0 Å². The Hall–Kier alpha value is 1.12. The number of ether oxygens (including phenoxy) is 1. The number of alkyl halides is 1. The van der Waals surface area contributed by atoms with Crippen LogP contribution >= 0.6 is 31.8 Å². The Morgan fingerprint density at radius 3 is 2.25 bits per heavy atom. The van der Waals surface area contributed by atoms with Crippen LogP contribution < -0.4 is 0 Å². The van der Waals surface area contributed by atoms with Gasteiger partial charge in [0.25, 0.3) is 0 Å². The first-order valence-electron chi connectivity index (χ1n) is 2.52. The van der Waals surface area contributed by atoms with Gasteiger partial charge in [0.1, 0.15) is 0 Å². The first-order chi connectivity index (χ1) is 3.62. The van der Waals surface area contributed by atoms with Crippen molar-refractivity contribution in [1.82, 2.24) is 0 Å². The van der Waals surface area contributed by atoms with Crippen molar-refractivity contribution < 1.29 is 4.74 Å². The van der Waals surface area contributed by atoms with Gasteiger partial charge in [-0.15, -0.1) is 9.24 Å². The molecule has 0 amide bonds. The van der Waals surface area contributed by atoms with E-state index in [0.29, 0.717) is 0 Å². The van der Waals surface area contributed by atoms with Crippen LogP contribution in [0.2, 0.25) is 0 Å². The maximum Gasteiger partial charge on any atom is 0.0720 e. The molecule has 0 radical (unpaired) electrons. The minimum absolute atomic E-state index is 0.0578. The van der Waals surface area contributed by atoms with Crippen LogP contribution in [0.4, 0.5) is 0 Å². The van der Waals surface area contributed by atoms with Gasteiger partial charge in [-0.1, -0.05) is 22.6 Å². The molecule has 0 bridgehead atoms. The molecule has 0 aromatic carbocycles. The van der Waals surface area contributed by atoms with Crippen molar-refractivity contribution in [2.75, 3.05) is 10.8 Å². The van der Waals surface area contributed by atoms with Gasteiger partial charge in [0.2, 0.25) is 0 Å². The smallest absolute Gasteiger partial charge is 0.0720 e. The second kappa shape index (κ2) is 4.02. The average Bonchev–Trinajstić information content (AvgIpc) is 1.67. The second-order valence-electron chi connectivity index (χ2n) is 2.20. The molecule has 0 aromatic rings. The molecule has 0 saturated carbocycles. The summed E-state index contributed by atoms with van der Waals surface area (Å²) in [5.74, 6) is 0. The largest absolute Gasteiger partial charge is 0.371 e. The third-order valence-electron chi connectivity index (χ3n) is 0.796. The summed E-state index contributed by atoms with van der Waals surface area (Å²) < 4.78 is 6.37. The van der Waals surface area contributed by atoms with E-state index < -0.39 is 0 Å². The molecule has 8 heavy (non-hydrogen) atoms. The molecule has 0 aliphatic carbocycles. The summed E-state index contributed by atoms with van der Waals surface area (Å²) in [6.07, 6.45) is 0.732. The molecule has 0 aliphatic rings. The van der Waals surface area contributed by atoms with Gasteiger partial charge in [-0.2, -0.15) is 0 Å². The summed E-state index contributed by atoms with van der Waals surface area (Å²) in [4.78, 5) is 0. The van der Waals surface area contributed by atoms with Crippen molar-refractivity contribution in [3.8, 4) is 0 Å². The normalized spacial score (nSPS) is 12.0. The lowest BCUT2D eigenvalue weighted by Gasteiger charge is -2.20. The van der Waals surface area contributed by atoms with Crippen molar-refractivity contribution in [2.45, 2.75) is 19.4 Å². The Labute approximate surface area is 66.9 Å². The molecular weight excluding hydrogens is 234 g/mol. The molecule has 0 spiro atoms. The van der Waals surface area contributed by atoms with Crippen molar-refractivity contribution in [2.24, 2.45) is 0 Å². The van der Waals surface area contributed by atoms with Crippen LogP contribution in [0, 0.1) is 0 Å². The first-order valence-corrected chi connectivity index (χ1v) is 4.86. The van der Waals surface area contributed by atoms with E-state index in [9.17, 15) is 0 Å². The summed E-state index contributed by atoms with van der Waals surface area (Å²) in [6.45, 7) is 4.17. The fourth-order valence-electron chi connectivity index (χ4n) is 0.264. The minimum Gasteiger partial charge on any atom is -0.371 e. The first kappa shape index (κ1) is 9.12. The maximum absolute atomic E-state index is 5.33. The highest BCUT2D eigenvalue weighted by Crippen LogP contribution is 2.12. The molecule has 50 valence electrons. The van der Waals surface area contributed by atoms with Gasteiger partial charge in [-0.25, -0.2) is 0 Å². The molecule has 0 fully saturated rings. The highest BCUT2D eigenvalue weighted by Gasteiger charge is 2.13. The quantitative estimate of drug-likeness (QED) is 0.420. The predicted octanol–water partition coefficient (Wildman–Crippen LogP) is 2.05. The van der Waals surface area contributed by atoms with Crippen LogP contribution in [-0.2, 0) is 4.74 Å². The molecule has 0 heterocycles. The highest BCUT2D eigenvalue weighted by molar-refractivity contribution is 14.1. The molecule has 3 heteroatoms. The molecule has 0 aliphatic heterocycles. The zero-order valence-electron chi connectivity index (χ0n) is 5.28. The van der Waals surface area contributed by atoms with Gasteiger partial charge in [-0.05, 0) is 13.8 Å². The van der Waals surface area contributed by atoms with Crippen molar-refractivity contribution in [1.29, 1.82) is 0 Å². The standard InChI is InChI=1S/C5H12IOP/c1-5(2,3-6)7-4-8/h3-4,8H2,1-2H3. The van der Waals surface area contributed by atoms with Crippen LogP contribution in [0.25, 0.3) is 0 Å². The van der Waals surface area contributed by atoms with Crippen LogP contribution in [-0.4, -0.2) is 16.4 Å². The third-order valence-corrected chi connectivity index (χ3v) is 2.80. The zero-order valence-corrected chi connectivity index (χ0v) is 8.59. The fourth-order valence-corrected chi connectivity index (χ4v) is 0.936. The highest BCUT2D eigenvalue weighted by atomic mass is 127. The van der Waals surface area contributed by atoms with E-state index in [2.05, 4.69) is 45.7 Å². The van der Waals surface area contributed by atoms with Gasteiger partial charge in [0, 0.05) is 4.43 Å². The average molecular weight is 246 g/mol. The van der Waals surface area contributed by atoms with E-state index in [-0.39, 0.29) is 5.60 Å². The number of rotatable bonds is 3. The number of hydrogen-bond donors (Lipinski definition) is 0. The topological polar surface area (TPSA) is 9.23 Å². The molecule has 0 saturated heterocycles. The molecule has 0 rings (SSSR count). The van der Waals surface area contributed by atoms with Gasteiger partial charge in [0.15, 0.2) is 0 Å². The van der Waals surface area contributed by atoms with Gasteiger partial charge in [-0.3, -0.25) is 0 Å². The van der Waals surface area contributed by atoms with Crippen LogP contribution in [0.5, 0.6) is 0 Å². The van der Waals surface area contributed by atoms with Crippen molar-refractivity contribution in [3.63, 3.8) is 0 Å².